The lowest BCUT2D eigenvalue weighted by atomic mass is 9.95. The average Bonchev–Trinajstić information content (AvgIpc) is 3.04. The van der Waals surface area contributed by atoms with Crippen LogP contribution >= 0.6 is 0 Å². The SMILES string of the molecule is COc1ccc(C(O)=C2C(=O)C(=O)N(Cc3ccncc3)C2c2ccccc2)cc1F. The van der Waals surface area contributed by atoms with Gasteiger partial charge in [0.1, 0.15) is 5.76 Å². The Hall–Kier alpha value is -4.00. The van der Waals surface area contributed by atoms with E-state index in [2.05, 4.69) is 4.98 Å². The van der Waals surface area contributed by atoms with E-state index in [9.17, 15) is 19.1 Å². The summed E-state index contributed by atoms with van der Waals surface area (Å²) in [5.74, 6) is -2.67. The average molecular weight is 418 g/mol. The largest absolute Gasteiger partial charge is 0.507 e. The first kappa shape index (κ1) is 20.3. The Kier molecular flexibility index (Phi) is 5.49. The van der Waals surface area contributed by atoms with Crippen LogP contribution in [0.5, 0.6) is 5.75 Å². The minimum atomic E-state index is -0.823. The van der Waals surface area contributed by atoms with Gasteiger partial charge in [0.05, 0.1) is 18.7 Å². The Labute approximate surface area is 178 Å². The number of aromatic nitrogens is 1. The van der Waals surface area contributed by atoms with E-state index in [-0.39, 0.29) is 23.4 Å². The van der Waals surface area contributed by atoms with Crippen LogP contribution in [-0.2, 0) is 16.1 Å². The van der Waals surface area contributed by atoms with Gasteiger partial charge in [0.15, 0.2) is 11.6 Å². The highest BCUT2D eigenvalue weighted by molar-refractivity contribution is 6.46. The Morgan fingerprint density at radius 1 is 1.10 bits per heavy atom. The summed E-state index contributed by atoms with van der Waals surface area (Å²) in [6.45, 7) is 0.153. The molecule has 0 radical (unpaired) electrons. The van der Waals surface area contributed by atoms with Crippen LogP contribution in [0.3, 0.4) is 0 Å². The molecule has 1 unspecified atom stereocenters. The summed E-state index contributed by atoms with van der Waals surface area (Å²) in [5, 5.41) is 11.0. The number of benzene rings is 2. The Morgan fingerprint density at radius 3 is 2.45 bits per heavy atom. The molecule has 1 amide bonds. The molecule has 3 aromatic rings. The van der Waals surface area contributed by atoms with Crippen LogP contribution in [0, 0.1) is 5.82 Å². The molecule has 0 bridgehead atoms. The number of likely N-dealkylation sites (tertiary alicyclic amines) is 1. The number of carbonyl (C=O) groups excluding carboxylic acids is 2. The smallest absolute Gasteiger partial charge is 0.295 e. The fraction of sp³-hybridized carbons (Fsp3) is 0.125. The van der Waals surface area contributed by atoms with Crippen LogP contribution < -0.4 is 4.74 Å². The van der Waals surface area contributed by atoms with Crippen LogP contribution in [0.2, 0.25) is 0 Å². The van der Waals surface area contributed by atoms with Crippen molar-refractivity contribution >= 4 is 17.4 Å². The number of nitrogens with zero attached hydrogens (tertiary/aromatic N) is 2. The lowest BCUT2D eigenvalue weighted by molar-refractivity contribution is -0.140. The van der Waals surface area contributed by atoms with Crippen LogP contribution in [0.25, 0.3) is 5.76 Å². The van der Waals surface area contributed by atoms with Gasteiger partial charge in [0.25, 0.3) is 11.7 Å². The summed E-state index contributed by atoms with van der Waals surface area (Å²) in [5.41, 5.74) is 1.44. The van der Waals surface area contributed by atoms with E-state index in [1.165, 1.54) is 24.1 Å². The quantitative estimate of drug-likeness (QED) is 0.387. The molecule has 1 aromatic heterocycles. The molecule has 1 atom stereocenters. The van der Waals surface area contributed by atoms with Crippen LogP contribution in [0.15, 0.2) is 78.6 Å². The molecule has 31 heavy (non-hydrogen) atoms. The number of hydrogen-bond donors (Lipinski definition) is 1. The number of ether oxygens (including phenoxy) is 1. The molecule has 2 heterocycles. The summed E-state index contributed by atoms with van der Waals surface area (Å²) in [6, 6.07) is 15.5. The number of hydrogen-bond acceptors (Lipinski definition) is 5. The summed E-state index contributed by atoms with van der Waals surface area (Å²) in [6.07, 6.45) is 3.20. The van der Waals surface area contributed by atoms with E-state index in [0.29, 0.717) is 5.56 Å². The first-order valence-corrected chi connectivity index (χ1v) is 9.57. The normalized spacial score (nSPS) is 17.7. The van der Waals surface area contributed by atoms with Gasteiger partial charge in [-0.25, -0.2) is 4.39 Å². The van der Waals surface area contributed by atoms with Crippen LogP contribution in [-0.4, -0.2) is 33.8 Å². The van der Waals surface area contributed by atoms with Gasteiger partial charge >= 0.3 is 0 Å². The maximum atomic E-state index is 14.2. The molecule has 4 rings (SSSR count). The minimum absolute atomic E-state index is 0.00861. The third-order valence-electron chi connectivity index (χ3n) is 5.18. The van der Waals surface area contributed by atoms with Gasteiger partial charge in [-0.05, 0) is 41.5 Å². The molecule has 0 spiro atoms. The van der Waals surface area contributed by atoms with Crippen LogP contribution in [0.1, 0.15) is 22.7 Å². The monoisotopic (exact) mass is 418 g/mol. The first-order chi connectivity index (χ1) is 15.0. The van der Waals surface area contributed by atoms with E-state index >= 15 is 0 Å². The topological polar surface area (TPSA) is 79.7 Å². The maximum absolute atomic E-state index is 14.2. The number of Topliss-reactive ketones (excluding diaryl/α,β-unsaturated/α-hetero) is 1. The standard InChI is InChI=1S/C24H19FN2O4/c1-31-19-8-7-17(13-18(19)25)22(28)20-21(16-5-3-2-4-6-16)27(24(30)23(20)29)14-15-9-11-26-12-10-15/h2-13,21,28H,14H2,1H3. The number of aliphatic hydroxyl groups is 1. The second-order valence-corrected chi connectivity index (χ2v) is 7.04. The van der Waals surface area contributed by atoms with Crippen molar-refractivity contribution in [2.75, 3.05) is 7.11 Å². The van der Waals surface area contributed by atoms with E-state index in [1.807, 2.05) is 6.07 Å². The second kappa shape index (κ2) is 8.39. The van der Waals surface area contributed by atoms with Gasteiger partial charge in [-0.1, -0.05) is 30.3 Å². The molecule has 1 saturated heterocycles. The van der Waals surface area contributed by atoms with Gasteiger partial charge in [-0.3, -0.25) is 14.6 Å². The lowest BCUT2D eigenvalue weighted by Crippen LogP contribution is -2.29. The lowest BCUT2D eigenvalue weighted by Gasteiger charge is -2.25. The molecule has 7 heteroatoms. The minimum Gasteiger partial charge on any atom is -0.507 e. The molecule has 0 saturated carbocycles. The molecule has 156 valence electrons. The fourth-order valence-electron chi connectivity index (χ4n) is 3.68. The molecular formula is C24H19FN2O4. The van der Waals surface area contributed by atoms with Crippen molar-refractivity contribution in [3.05, 3.63) is 101 Å². The zero-order valence-corrected chi connectivity index (χ0v) is 16.7. The van der Waals surface area contributed by atoms with Gasteiger partial charge in [-0.15, -0.1) is 0 Å². The van der Waals surface area contributed by atoms with E-state index in [4.69, 9.17) is 4.74 Å². The van der Waals surface area contributed by atoms with E-state index in [0.717, 1.165) is 11.6 Å². The Balaban J connectivity index is 1.85. The number of aliphatic hydroxyl groups excluding tert-OH is 1. The molecular weight excluding hydrogens is 399 g/mol. The number of methoxy groups -OCH3 is 1. The molecule has 6 nitrogen and oxygen atoms in total. The van der Waals surface area contributed by atoms with Crippen molar-refractivity contribution in [3.8, 4) is 5.75 Å². The number of halogens is 1. The number of ketones is 1. The predicted molar refractivity (Wildman–Crippen MR) is 111 cm³/mol. The number of amides is 1. The van der Waals surface area contributed by atoms with Crippen molar-refractivity contribution in [1.82, 2.24) is 9.88 Å². The third kappa shape index (κ3) is 3.77. The van der Waals surface area contributed by atoms with Gasteiger partial charge in [-0.2, -0.15) is 0 Å². The number of pyridine rings is 1. The highest BCUT2D eigenvalue weighted by Gasteiger charge is 2.46. The number of carbonyl (C=O) groups is 2. The van der Waals surface area contributed by atoms with Crippen molar-refractivity contribution in [2.45, 2.75) is 12.6 Å². The summed E-state index contributed by atoms with van der Waals surface area (Å²) < 4.78 is 19.1. The zero-order chi connectivity index (χ0) is 22.0. The third-order valence-corrected chi connectivity index (χ3v) is 5.18. The Morgan fingerprint density at radius 2 is 1.81 bits per heavy atom. The van der Waals surface area contributed by atoms with Crippen molar-refractivity contribution < 1.29 is 23.8 Å². The van der Waals surface area contributed by atoms with Crippen molar-refractivity contribution in [3.63, 3.8) is 0 Å². The first-order valence-electron chi connectivity index (χ1n) is 9.57. The summed E-state index contributed by atoms with van der Waals surface area (Å²) in [7, 11) is 1.33. The van der Waals surface area contributed by atoms with E-state index < -0.39 is 29.3 Å². The molecule has 1 fully saturated rings. The number of rotatable bonds is 5. The van der Waals surface area contributed by atoms with Gasteiger partial charge in [0.2, 0.25) is 0 Å². The zero-order valence-electron chi connectivity index (χ0n) is 16.7. The molecule has 1 N–H and O–H groups in total. The molecule has 0 aliphatic carbocycles. The molecule has 1 aliphatic heterocycles. The predicted octanol–water partition coefficient (Wildman–Crippen LogP) is 3.85. The highest BCUT2D eigenvalue weighted by Crippen LogP contribution is 2.40. The van der Waals surface area contributed by atoms with Gasteiger partial charge < -0.3 is 14.7 Å². The van der Waals surface area contributed by atoms with Crippen molar-refractivity contribution in [1.29, 1.82) is 0 Å². The Bertz CT molecular complexity index is 1160. The maximum Gasteiger partial charge on any atom is 0.295 e. The second-order valence-electron chi connectivity index (χ2n) is 7.04. The summed E-state index contributed by atoms with van der Waals surface area (Å²) in [4.78, 5) is 31.3. The van der Waals surface area contributed by atoms with Crippen LogP contribution in [0.4, 0.5) is 4.39 Å². The van der Waals surface area contributed by atoms with Crippen molar-refractivity contribution in [2.24, 2.45) is 0 Å². The summed E-state index contributed by atoms with van der Waals surface area (Å²) >= 11 is 0. The highest BCUT2D eigenvalue weighted by atomic mass is 19.1. The molecule has 2 aromatic carbocycles. The fourth-order valence-corrected chi connectivity index (χ4v) is 3.68. The van der Waals surface area contributed by atoms with E-state index in [1.54, 1.807) is 48.8 Å². The van der Waals surface area contributed by atoms with Gasteiger partial charge in [0, 0.05) is 24.5 Å². The molecule has 1 aliphatic rings.